The molecule has 2 aromatic carbocycles. The second-order valence-corrected chi connectivity index (χ2v) is 5.78. The lowest BCUT2D eigenvalue weighted by molar-refractivity contribution is 0.871. The summed E-state index contributed by atoms with van der Waals surface area (Å²) in [5.74, 6) is 0. The number of benzene rings is 2. The normalized spacial score (nSPS) is 12.5. The van der Waals surface area contributed by atoms with E-state index in [4.69, 9.17) is 28.9 Å². The van der Waals surface area contributed by atoms with E-state index in [1.54, 1.807) is 12.1 Å². The first-order valence-electron chi connectivity index (χ1n) is 5.04. The van der Waals surface area contributed by atoms with E-state index < -0.39 is 0 Å². The van der Waals surface area contributed by atoms with E-state index in [-0.39, 0.29) is 6.04 Å². The van der Waals surface area contributed by atoms with Crippen LogP contribution in [0.25, 0.3) is 0 Å². The molecular weight excluding hydrogens is 368 g/mol. The van der Waals surface area contributed by atoms with Crippen molar-refractivity contribution in [3.05, 3.63) is 67.2 Å². The molecule has 0 aliphatic heterocycles. The highest BCUT2D eigenvalue weighted by atomic mass is 127. The maximum absolute atomic E-state index is 6.19. The summed E-state index contributed by atoms with van der Waals surface area (Å²) in [5.41, 5.74) is 8.11. The highest BCUT2D eigenvalue weighted by Crippen LogP contribution is 2.29. The molecule has 0 aromatic heterocycles. The Morgan fingerprint density at radius 1 is 1.00 bits per heavy atom. The average Bonchev–Trinajstić information content (AvgIpc) is 2.29. The predicted molar refractivity (Wildman–Crippen MR) is 81.7 cm³/mol. The van der Waals surface area contributed by atoms with E-state index in [0.717, 1.165) is 11.1 Å². The van der Waals surface area contributed by atoms with Crippen LogP contribution < -0.4 is 5.73 Å². The van der Waals surface area contributed by atoms with E-state index in [9.17, 15) is 0 Å². The van der Waals surface area contributed by atoms with Gasteiger partial charge in [-0.15, -0.1) is 0 Å². The van der Waals surface area contributed by atoms with Gasteiger partial charge in [-0.25, -0.2) is 0 Å². The Kier molecular flexibility index (Phi) is 4.31. The minimum atomic E-state index is -0.225. The molecule has 1 unspecified atom stereocenters. The predicted octanol–water partition coefficient (Wildman–Crippen LogP) is 4.65. The Morgan fingerprint density at radius 2 is 1.65 bits per heavy atom. The SMILES string of the molecule is NC(c1ccc(I)cc1)c1ccc(Cl)cc1Cl. The number of hydrogen-bond acceptors (Lipinski definition) is 1. The Balaban J connectivity index is 2.36. The van der Waals surface area contributed by atoms with Crippen molar-refractivity contribution >= 4 is 45.8 Å². The lowest BCUT2D eigenvalue weighted by Crippen LogP contribution is -2.12. The molecule has 0 radical (unpaired) electrons. The molecular formula is C13H10Cl2IN. The summed E-state index contributed by atoms with van der Waals surface area (Å²) in [5, 5.41) is 1.22. The lowest BCUT2D eigenvalue weighted by Gasteiger charge is -2.14. The van der Waals surface area contributed by atoms with Crippen molar-refractivity contribution in [3.63, 3.8) is 0 Å². The quantitative estimate of drug-likeness (QED) is 0.757. The van der Waals surface area contributed by atoms with E-state index in [0.29, 0.717) is 10.0 Å². The lowest BCUT2D eigenvalue weighted by atomic mass is 10.00. The van der Waals surface area contributed by atoms with Crippen molar-refractivity contribution < 1.29 is 0 Å². The fourth-order valence-electron chi connectivity index (χ4n) is 1.60. The number of nitrogens with two attached hydrogens (primary N) is 1. The van der Waals surface area contributed by atoms with Crippen LogP contribution in [0.5, 0.6) is 0 Å². The monoisotopic (exact) mass is 377 g/mol. The van der Waals surface area contributed by atoms with E-state index in [2.05, 4.69) is 22.6 Å². The van der Waals surface area contributed by atoms with Gasteiger partial charge in [-0.1, -0.05) is 41.4 Å². The largest absolute Gasteiger partial charge is 0.320 e. The zero-order chi connectivity index (χ0) is 12.4. The first kappa shape index (κ1) is 13.1. The summed E-state index contributed by atoms with van der Waals surface area (Å²) >= 11 is 14.3. The molecule has 0 fully saturated rings. The van der Waals surface area contributed by atoms with Gasteiger partial charge in [-0.05, 0) is 58.0 Å². The third-order valence-electron chi connectivity index (χ3n) is 2.53. The number of rotatable bonds is 2. The molecule has 1 atom stereocenters. The van der Waals surface area contributed by atoms with Crippen LogP contribution in [0.3, 0.4) is 0 Å². The van der Waals surface area contributed by atoms with Gasteiger partial charge in [0.1, 0.15) is 0 Å². The molecule has 0 aliphatic carbocycles. The maximum atomic E-state index is 6.19. The average molecular weight is 378 g/mol. The fourth-order valence-corrected chi connectivity index (χ4v) is 2.49. The van der Waals surface area contributed by atoms with Gasteiger partial charge in [0.2, 0.25) is 0 Å². The molecule has 0 bridgehead atoms. The molecule has 0 saturated carbocycles. The Bertz CT molecular complexity index is 525. The zero-order valence-corrected chi connectivity index (χ0v) is 12.5. The van der Waals surface area contributed by atoms with Crippen molar-refractivity contribution in [2.45, 2.75) is 6.04 Å². The Labute approximate surface area is 124 Å². The second-order valence-electron chi connectivity index (χ2n) is 3.70. The molecule has 1 nitrogen and oxygen atoms in total. The summed E-state index contributed by atoms with van der Waals surface area (Å²) in [7, 11) is 0. The Hall–Kier alpha value is -0.290. The van der Waals surface area contributed by atoms with Crippen molar-refractivity contribution in [3.8, 4) is 0 Å². The molecule has 0 aliphatic rings. The van der Waals surface area contributed by atoms with Gasteiger partial charge in [0.05, 0.1) is 6.04 Å². The highest BCUT2D eigenvalue weighted by Gasteiger charge is 2.12. The van der Waals surface area contributed by atoms with Crippen LogP contribution in [0.2, 0.25) is 10.0 Å². The first-order valence-corrected chi connectivity index (χ1v) is 6.87. The summed E-state index contributed by atoms with van der Waals surface area (Å²) in [4.78, 5) is 0. The van der Waals surface area contributed by atoms with Crippen LogP contribution >= 0.6 is 45.8 Å². The third kappa shape index (κ3) is 3.13. The first-order chi connectivity index (χ1) is 8.08. The van der Waals surface area contributed by atoms with Crippen LogP contribution in [0.15, 0.2) is 42.5 Å². The topological polar surface area (TPSA) is 26.0 Å². The van der Waals surface area contributed by atoms with Gasteiger partial charge >= 0.3 is 0 Å². The van der Waals surface area contributed by atoms with Crippen molar-refractivity contribution in [2.75, 3.05) is 0 Å². The van der Waals surface area contributed by atoms with Crippen LogP contribution in [0.4, 0.5) is 0 Å². The van der Waals surface area contributed by atoms with E-state index in [1.807, 2.05) is 30.3 Å². The second kappa shape index (κ2) is 5.57. The molecule has 17 heavy (non-hydrogen) atoms. The smallest absolute Gasteiger partial charge is 0.0566 e. The third-order valence-corrected chi connectivity index (χ3v) is 3.81. The molecule has 0 spiro atoms. The van der Waals surface area contributed by atoms with Crippen molar-refractivity contribution in [2.24, 2.45) is 5.73 Å². The Morgan fingerprint density at radius 3 is 2.24 bits per heavy atom. The molecule has 2 N–H and O–H groups in total. The summed E-state index contributed by atoms with van der Waals surface area (Å²) < 4.78 is 1.18. The van der Waals surface area contributed by atoms with Crippen molar-refractivity contribution in [1.82, 2.24) is 0 Å². The summed E-state index contributed by atoms with van der Waals surface area (Å²) in [6, 6.07) is 13.2. The standard InChI is InChI=1S/C13H10Cl2IN/c14-9-3-6-11(12(15)7-9)13(17)8-1-4-10(16)5-2-8/h1-7,13H,17H2. The molecule has 4 heteroatoms. The van der Waals surface area contributed by atoms with Gasteiger partial charge in [0.15, 0.2) is 0 Å². The van der Waals surface area contributed by atoms with E-state index >= 15 is 0 Å². The van der Waals surface area contributed by atoms with Gasteiger partial charge in [0.25, 0.3) is 0 Å². The molecule has 88 valence electrons. The fraction of sp³-hybridized carbons (Fsp3) is 0.0769. The van der Waals surface area contributed by atoms with Crippen LogP contribution in [0.1, 0.15) is 17.2 Å². The molecule has 2 aromatic rings. The van der Waals surface area contributed by atoms with Crippen LogP contribution in [0, 0.1) is 3.57 Å². The minimum absolute atomic E-state index is 0.225. The zero-order valence-electron chi connectivity index (χ0n) is 8.83. The highest BCUT2D eigenvalue weighted by molar-refractivity contribution is 14.1. The maximum Gasteiger partial charge on any atom is 0.0566 e. The number of hydrogen-bond donors (Lipinski definition) is 1. The molecule has 0 heterocycles. The van der Waals surface area contributed by atoms with Crippen molar-refractivity contribution in [1.29, 1.82) is 0 Å². The van der Waals surface area contributed by atoms with E-state index in [1.165, 1.54) is 3.57 Å². The molecule has 0 saturated heterocycles. The van der Waals surface area contributed by atoms with Gasteiger partial charge < -0.3 is 5.73 Å². The van der Waals surface area contributed by atoms with Crippen LogP contribution in [-0.4, -0.2) is 0 Å². The molecule has 2 rings (SSSR count). The van der Waals surface area contributed by atoms with Gasteiger partial charge in [-0.3, -0.25) is 0 Å². The van der Waals surface area contributed by atoms with Gasteiger partial charge in [0, 0.05) is 13.6 Å². The minimum Gasteiger partial charge on any atom is -0.320 e. The number of halogens is 3. The summed E-state index contributed by atoms with van der Waals surface area (Å²) in [6.45, 7) is 0. The van der Waals surface area contributed by atoms with Gasteiger partial charge in [-0.2, -0.15) is 0 Å². The molecule has 0 amide bonds. The van der Waals surface area contributed by atoms with Crippen LogP contribution in [-0.2, 0) is 0 Å². The summed E-state index contributed by atoms with van der Waals surface area (Å²) in [6.07, 6.45) is 0.